The van der Waals surface area contributed by atoms with E-state index in [-0.39, 0.29) is 7.33 Å². The number of fused-ring (bicyclic) bond motifs is 2. The van der Waals surface area contributed by atoms with Crippen molar-refractivity contribution in [2.45, 2.75) is 37.6 Å². The van der Waals surface area contributed by atoms with Gasteiger partial charge < -0.3 is 14.6 Å². The summed E-state index contributed by atoms with van der Waals surface area (Å²) < 4.78 is 5.55. The second-order valence-electron chi connectivity index (χ2n) is 7.02. The highest BCUT2D eigenvalue weighted by molar-refractivity contribution is 8.04. The average Bonchev–Trinajstić information content (AvgIpc) is 3.30. The Morgan fingerprint density at radius 1 is 1.25 bits per heavy atom. The molecule has 2 aliphatic heterocycles. The lowest BCUT2D eigenvalue weighted by atomic mass is 10.1. The number of carbonyl (C=O) groups excluding carboxylic acids is 1. The van der Waals surface area contributed by atoms with Crippen molar-refractivity contribution in [1.82, 2.24) is 9.97 Å². The van der Waals surface area contributed by atoms with Gasteiger partial charge in [-0.05, 0) is 31.4 Å². The summed E-state index contributed by atoms with van der Waals surface area (Å²) in [5, 5.41) is 5.03. The van der Waals surface area contributed by atoms with E-state index in [0.29, 0.717) is 22.1 Å². The topological polar surface area (TPSA) is 71.3 Å². The van der Waals surface area contributed by atoms with Crippen LogP contribution in [0.25, 0.3) is 11.1 Å². The molecule has 4 heterocycles. The van der Waals surface area contributed by atoms with E-state index in [1.807, 2.05) is 31.2 Å². The largest absolute Gasteiger partial charge is 0.441 e. The van der Waals surface area contributed by atoms with Crippen molar-refractivity contribution in [2.75, 3.05) is 23.3 Å². The molecule has 0 unspecified atom stereocenters. The number of oxazole rings is 1. The number of hydrogen-bond acceptors (Lipinski definition) is 7. The standard InChI is InChI=1S/C20H20N4O2S2.H2/c1-12-21-14-6-5-13(11-15(14)26-12)22-18(25)16-7-8-17-19(27-16)23-20(28-17)24-9-3-2-4-10-24;/h5-7,11H,2-4,8-10H2,1H3,(H,22,25);1H. The van der Waals surface area contributed by atoms with Crippen molar-refractivity contribution in [3.05, 3.63) is 39.9 Å². The van der Waals surface area contributed by atoms with Gasteiger partial charge in [0.1, 0.15) is 10.5 Å². The van der Waals surface area contributed by atoms with Gasteiger partial charge in [0.05, 0.1) is 4.91 Å². The van der Waals surface area contributed by atoms with Gasteiger partial charge in [0.25, 0.3) is 5.91 Å². The minimum absolute atomic E-state index is 0. The second-order valence-corrected chi connectivity index (χ2v) is 9.11. The maximum absolute atomic E-state index is 12.7. The van der Waals surface area contributed by atoms with Crippen molar-refractivity contribution in [1.29, 1.82) is 0 Å². The molecule has 0 atom stereocenters. The molecule has 1 N–H and O–H groups in total. The molecule has 0 radical (unpaired) electrons. The van der Waals surface area contributed by atoms with Crippen LogP contribution in [0.5, 0.6) is 0 Å². The van der Waals surface area contributed by atoms with Crippen LogP contribution in [0.2, 0.25) is 0 Å². The zero-order valence-electron chi connectivity index (χ0n) is 15.5. The maximum Gasteiger partial charge on any atom is 0.262 e. The van der Waals surface area contributed by atoms with Gasteiger partial charge in [-0.2, -0.15) is 0 Å². The highest BCUT2D eigenvalue weighted by atomic mass is 32.2. The number of carbonyl (C=O) groups is 1. The molecule has 5 rings (SSSR count). The van der Waals surface area contributed by atoms with Crippen molar-refractivity contribution in [2.24, 2.45) is 0 Å². The Morgan fingerprint density at radius 2 is 2.11 bits per heavy atom. The lowest BCUT2D eigenvalue weighted by Crippen LogP contribution is -2.29. The van der Waals surface area contributed by atoms with Gasteiger partial charge in [0.15, 0.2) is 16.6 Å². The molecular weight excluding hydrogens is 392 g/mol. The van der Waals surface area contributed by atoms with Gasteiger partial charge in [0.2, 0.25) is 0 Å². The van der Waals surface area contributed by atoms with Gasteiger partial charge >= 0.3 is 0 Å². The number of allylic oxidation sites excluding steroid dienone is 1. The van der Waals surface area contributed by atoms with E-state index in [4.69, 9.17) is 9.40 Å². The van der Waals surface area contributed by atoms with E-state index in [9.17, 15) is 4.79 Å². The third-order valence-corrected chi connectivity index (χ3v) is 7.30. The Morgan fingerprint density at radius 3 is 2.96 bits per heavy atom. The summed E-state index contributed by atoms with van der Waals surface area (Å²) in [6, 6.07) is 5.51. The number of piperidine rings is 1. The molecule has 2 aromatic heterocycles. The van der Waals surface area contributed by atoms with Gasteiger partial charge in [-0.3, -0.25) is 4.79 Å². The first-order valence-corrected chi connectivity index (χ1v) is 11.1. The molecule has 3 aromatic rings. The molecule has 6 nitrogen and oxygen atoms in total. The summed E-state index contributed by atoms with van der Waals surface area (Å²) >= 11 is 3.22. The zero-order valence-corrected chi connectivity index (χ0v) is 17.2. The molecule has 0 saturated carbocycles. The van der Waals surface area contributed by atoms with Crippen molar-refractivity contribution < 1.29 is 10.6 Å². The van der Waals surface area contributed by atoms with E-state index in [0.717, 1.165) is 35.2 Å². The molecule has 0 bridgehead atoms. The summed E-state index contributed by atoms with van der Waals surface area (Å²) in [6.07, 6.45) is 6.53. The minimum atomic E-state index is -0.112. The predicted molar refractivity (Wildman–Crippen MR) is 115 cm³/mol. The van der Waals surface area contributed by atoms with Gasteiger partial charge in [-0.25, -0.2) is 9.97 Å². The number of thiazole rings is 1. The van der Waals surface area contributed by atoms with E-state index < -0.39 is 0 Å². The van der Waals surface area contributed by atoms with E-state index in [2.05, 4.69) is 15.2 Å². The number of benzene rings is 1. The monoisotopic (exact) mass is 414 g/mol. The molecule has 1 amide bonds. The van der Waals surface area contributed by atoms with Crippen LogP contribution in [0, 0.1) is 6.92 Å². The summed E-state index contributed by atoms with van der Waals surface area (Å²) in [5.41, 5.74) is 2.17. The number of amides is 1. The minimum Gasteiger partial charge on any atom is -0.441 e. The van der Waals surface area contributed by atoms with Crippen LogP contribution in [0.15, 0.2) is 38.6 Å². The van der Waals surface area contributed by atoms with Crippen LogP contribution in [0.1, 0.15) is 31.5 Å². The fourth-order valence-electron chi connectivity index (χ4n) is 3.54. The van der Waals surface area contributed by atoms with Crippen LogP contribution in [-0.2, 0) is 11.2 Å². The highest BCUT2D eigenvalue weighted by Gasteiger charge is 2.24. The number of hydrogen-bond donors (Lipinski definition) is 1. The van der Waals surface area contributed by atoms with Crippen molar-refractivity contribution >= 4 is 50.9 Å². The number of aryl methyl sites for hydroxylation is 1. The van der Waals surface area contributed by atoms with Crippen molar-refractivity contribution in [3.8, 4) is 0 Å². The Kier molecular flexibility index (Phi) is 4.60. The fourth-order valence-corrected chi connectivity index (χ4v) is 5.66. The number of rotatable bonds is 3. The smallest absolute Gasteiger partial charge is 0.262 e. The first kappa shape index (κ1) is 17.8. The Bertz CT molecular complexity index is 1090. The van der Waals surface area contributed by atoms with Crippen molar-refractivity contribution in [3.63, 3.8) is 0 Å². The summed E-state index contributed by atoms with van der Waals surface area (Å²) in [4.78, 5) is 26.2. The summed E-state index contributed by atoms with van der Waals surface area (Å²) in [7, 11) is 0. The van der Waals surface area contributed by atoms with Crippen LogP contribution in [0.4, 0.5) is 10.8 Å². The summed E-state index contributed by atoms with van der Waals surface area (Å²) in [5.74, 6) is 0.503. The third-order valence-electron chi connectivity index (χ3n) is 4.93. The molecule has 0 spiro atoms. The highest BCUT2D eigenvalue weighted by Crippen LogP contribution is 2.41. The van der Waals surface area contributed by atoms with Crippen LogP contribution in [0.3, 0.4) is 0 Å². The first-order valence-electron chi connectivity index (χ1n) is 9.47. The lowest BCUT2D eigenvalue weighted by molar-refractivity contribution is -0.112. The molecule has 28 heavy (non-hydrogen) atoms. The summed E-state index contributed by atoms with van der Waals surface area (Å²) in [6.45, 7) is 3.98. The van der Waals surface area contributed by atoms with Gasteiger partial charge in [-0.1, -0.05) is 17.8 Å². The van der Waals surface area contributed by atoms with Gasteiger partial charge in [-0.15, -0.1) is 11.3 Å². The SMILES string of the molecule is Cc1nc2ccc(NC(=O)C3=CCc4sc(N5CCCCC5)nc4S3)cc2o1.[HH]. The number of aromatic nitrogens is 2. The first-order chi connectivity index (χ1) is 13.7. The Labute approximate surface area is 172 Å². The van der Waals surface area contributed by atoms with E-state index in [1.54, 1.807) is 11.3 Å². The molecule has 1 fully saturated rings. The Balaban J connectivity index is 0.00000205. The Hall–Kier alpha value is -2.32. The van der Waals surface area contributed by atoms with E-state index >= 15 is 0 Å². The van der Waals surface area contributed by atoms with Crippen LogP contribution >= 0.6 is 23.1 Å². The molecule has 1 aromatic carbocycles. The second kappa shape index (κ2) is 7.25. The third kappa shape index (κ3) is 3.42. The predicted octanol–water partition coefficient (Wildman–Crippen LogP) is 5.00. The molecule has 146 valence electrons. The molecule has 8 heteroatoms. The molecule has 1 saturated heterocycles. The zero-order chi connectivity index (χ0) is 19.1. The fraction of sp³-hybridized carbons (Fsp3) is 0.350. The van der Waals surface area contributed by atoms with Crippen LogP contribution in [-0.4, -0.2) is 29.0 Å². The number of nitrogens with zero attached hydrogens (tertiary/aromatic N) is 3. The van der Waals surface area contributed by atoms with Crippen LogP contribution < -0.4 is 10.2 Å². The number of thioether (sulfide) groups is 1. The lowest BCUT2D eigenvalue weighted by Gasteiger charge is -2.25. The quantitative estimate of drug-likeness (QED) is 0.650. The average molecular weight is 415 g/mol. The molecular formula is C20H22N4O2S2. The normalized spacial score (nSPS) is 16.8. The number of anilines is 2. The maximum atomic E-state index is 12.7. The molecule has 2 aliphatic rings. The molecule has 0 aliphatic carbocycles. The van der Waals surface area contributed by atoms with Gasteiger partial charge in [0, 0.05) is 44.5 Å². The number of nitrogens with one attached hydrogen (secondary N) is 1. The van der Waals surface area contributed by atoms with E-state index in [1.165, 1.54) is 35.9 Å².